The third kappa shape index (κ3) is 4.76. The number of carbonyl (C=O) groups is 1. The van der Waals surface area contributed by atoms with Gasteiger partial charge in [-0.05, 0) is 62.5 Å². The molecule has 1 aliphatic heterocycles. The normalized spacial score (nSPS) is 15.7. The molecule has 36 heavy (non-hydrogen) atoms. The van der Waals surface area contributed by atoms with Crippen molar-refractivity contribution in [1.29, 1.82) is 0 Å². The first-order valence-corrected chi connectivity index (χ1v) is 11.6. The zero-order valence-electron chi connectivity index (χ0n) is 20.1. The number of rotatable bonds is 7. The van der Waals surface area contributed by atoms with Crippen LogP contribution in [-0.4, -0.2) is 63.8 Å². The number of carbonyl (C=O) groups excluding carboxylic acids is 1. The first kappa shape index (κ1) is 23.4. The van der Waals surface area contributed by atoms with E-state index in [0.717, 1.165) is 30.6 Å². The van der Waals surface area contributed by atoms with Gasteiger partial charge in [-0.15, -0.1) is 0 Å². The minimum atomic E-state index is -0.355. The molecule has 5 rings (SSSR count). The molecule has 0 aliphatic carbocycles. The van der Waals surface area contributed by atoms with Gasteiger partial charge in [-0.2, -0.15) is 10.1 Å². The number of hydrogen-bond acceptors (Lipinski definition) is 7. The van der Waals surface area contributed by atoms with Gasteiger partial charge < -0.3 is 20.4 Å². The Morgan fingerprint density at radius 3 is 2.86 bits per heavy atom. The first-order valence-electron chi connectivity index (χ1n) is 11.6. The molecule has 1 fully saturated rings. The number of hydrogen-bond donors (Lipinski definition) is 2. The van der Waals surface area contributed by atoms with Crippen LogP contribution in [0.15, 0.2) is 67.5 Å². The van der Waals surface area contributed by atoms with E-state index < -0.39 is 0 Å². The molecule has 184 valence electrons. The topological polar surface area (TPSA) is 91.2 Å². The van der Waals surface area contributed by atoms with Crippen LogP contribution in [-0.2, 0) is 4.79 Å². The molecule has 2 aromatic carbocycles. The highest BCUT2D eigenvalue weighted by atomic mass is 19.1. The van der Waals surface area contributed by atoms with E-state index in [1.54, 1.807) is 29.2 Å². The van der Waals surface area contributed by atoms with E-state index in [4.69, 9.17) is 0 Å². The maximum atomic E-state index is 13.8. The van der Waals surface area contributed by atoms with Crippen LogP contribution in [0.1, 0.15) is 6.42 Å². The lowest BCUT2D eigenvalue weighted by Crippen LogP contribution is -2.34. The molecule has 4 aromatic rings. The van der Waals surface area contributed by atoms with Crippen LogP contribution in [0, 0.1) is 5.82 Å². The number of halogens is 1. The number of aromatic nitrogens is 4. The summed E-state index contributed by atoms with van der Waals surface area (Å²) in [6, 6.07) is 12.3. The Morgan fingerprint density at radius 1 is 1.25 bits per heavy atom. The van der Waals surface area contributed by atoms with Gasteiger partial charge in [-0.25, -0.2) is 14.1 Å². The van der Waals surface area contributed by atoms with Crippen molar-refractivity contribution < 1.29 is 9.18 Å². The first-order chi connectivity index (χ1) is 17.4. The van der Waals surface area contributed by atoms with Crippen molar-refractivity contribution in [2.75, 3.05) is 42.7 Å². The van der Waals surface area contributed by atoms with Crippen LogP contribution < -0.4 is 15.5 Å². The van der Waals surface area contributed by atoms with Crippen LogP contribution in [0.2, 0.25) is 0 Å². The maximum Gasteiger partial charge on any atom is 0.247 e. The van der Waals surface area contributed by atoms with Gasteiger partial charge in [0.2, 0.25) is 11.9 Å². The summed E-state index contributed by atoms with van der Waals surface area (Å²) >= 11 is 0. The van der Waals surface area contributed by atoms with Gasteiger partial charge in [0.15, 0.2) is 5.65 Å². The summed E-state index contributed by atoms with van der Waals surface area (Å²) in [5, 5.41) is 11.2. The highest BCUT2D eigenvalue weighted by Gasteiger charge is 2.25. The average Bonchev–Trinajstić information content (AvgIpc) is 3.50. The Hall–Kier alpha value is -4.31. The van der Waals surface area contributed by atoms with E-state index in [1.807, 2.05) is 25.2 Å². The monoisotopic (exact) mass is 486 g/mol. The number of likely N-dealkylation sites (tertiary alicyclic amines) is 1. The van der Waals surface area contributed by atoms with Crippen LogP contribution >= 0.6 is 0 Å². The lowest BCUT2D eigenvalue weighted by molar-refractivity contribution is -0.111. The molecule has 2 aromatic heterocycles. The van der Waals surface area contributed by atoms with Crippen molar-refractivity contribution in [2.45, 2.75) is 12.5 Å². The molecule has 1 amide bonds. The van der Waals surface area contributed by atoms with Gasteiger partial charge >= 0.3 is 0 Å². The summed E-state index contributed by atoms with van der Waals surface area (Å²) in [7, 11) is 4.15. The summed E-state index contributed by atoms with van der Waals surface area (Å²) in [6.07, 6.45) is 5.59. The van der Waals surface area contributed by atoms with Crippen LogP contribution in [0.25, 0.3) is 16.7 Å². The van der Waals surface area contributed by atoms with Crippen LogP contribution in [0.4, 0.5) is 27.4 Å². The molecule has 1 aliphatic rings. The quantitative estimate of drug-likeness (QED) is 0.382. The van der Waals surface area contributed by atoms with E-state index in [-0.39, 0.29) is 11.7 Å². The van der Waals surface area contributed by atoms with E-state index in [0.29, 0.717) is 34.7 Å². The van der Waals surface area contributed by atoms with Gasteiger partial charge in [0, 0.05) is 31.5 Å². The third-order valence-electron chi connectivity index (χ3n) is 6.35. The smallest absolute Gasteiger partial charge is 0.247 e. The lowest BCUT2D eigenvalue weighted by Gasteiger charge is -2.29. The van der Waals surface area contributed by atoms with E-state index in [1.165, 1.54) is 18.2 Å². The van der Waals surface area contributed by atoms with Gasteiger partial charge in [-0.1, -0.05) is 12.6 Å². The fourth-order valence-corrected chi connectivity index (χ4v) is 4.43. The van der Waals surface area contributed by atoms with Gasteiger partial charge in [0.1, 0.15) is 5.82 Å². The zero-order chi connectivity index (χ0) is 25.2. The minimum Gasteiger partial charge on any atom is -0.369 e. The Kier molecular flexibility index (Phi) is 6.34. The Bertz CT molecular complexity index is 1430. The second-order valence-electron chi connectivity index (χ2n) is 8.87. The SMILES string of the molecule is C=CC(=O)Nc1cc(Nc2ncc3cnn(-c4cccc(F)c4)c3n2)ccc1N(C)C1CCN(C)C1. The predicted molar refractivity (Wildman–Crippen MR) is 139 cm³/mol. The molecule has 0 spiro atoms. The second kappa shape index (κ2) is 9.74. The van der Waals surface area contributed by atoms with E-state index in [2.05, 4.69) is 49.1 Å². The molecule has 1 atom stereocenters. The fourth-order valence-electron chi connectivity index (χ4n) is 4.43. The molecule has 0 saturated carbocycles. The van der Waals surface area contributed by atoms with Crippen molar-refractivity contribution in [3.05, 3.63) is 73.3 Å². The van der Waals surface area contributed by atoms with Crippen molar-refractivity contribution in [3.8, 4) is 5.69 Å². The van der Waals surface area contributed by atoms with Crippen molar-refractivity contribution >= 4 is 40.0 Å². The van der Waals surface area contributed by atoms with Gasteiger partial charge in [0.25, 0.3) is 0 Å². The number of likely N-dealkylation sites (N-methyl/N-ethyl adjacent to an activating group) is 2. The van der Waals surface area contributed by atoms with E-state index >= 15 is 0 Å². The molecule has 2 N–H and O–H groups in total. The number of fused-ring (bicyclic) bond motifs is 1. The van der Waals surface area contributed by atoms with E-state index in [9.17, 15) is 9.18 Å². The average molecular weight is 487 g/mol. The number of anilines is 4. The minimum absolute atomic E-state index is 0.290. The number of nitrogens with one attached hydrogen (secondary N) is 2. The van der Waals surface area contributed by atoms with Gasteiger partial charge in [0.05, 0.1) is 28.6 Å². The van der Waals surface area contributed by atoms with Crippen LogP contribution in [0.3, 0.4) is 0 Å². The Labute approximate surface area is 208 Å². The fraction of sp³-hybridized carbons (Fsp3) is 0.231. The lowest BCUT2D eigenvalue weighted by atomic mass is 10.1. The van der Waals surface area contributed by atoms with Crippen LogP contribution in [0.5, 0.6) is 0 Å². The second-order valence-corrected chi connectivity index (χ2v) is 8.87. The predicted octanol–water partition coefficient (Wildman–Crippen LogP) is 3.96. The zero-order valence-corrected chi connectivity index (χ0v) is 20.1. The molecule has 3 heterocycles. The Balaban J connectivity index is 1.45. The summed E-state index contributed by atoms with van der Waals surface area (Å²) in [4.78, 5) is 25.7. The largest absolute Gasteiger partial charge is 0.369 e. The van der Waals surface area contributed by atoms with Gasteiger partial charge in [-0.3, -0.25) is 4.79 Å². The standard InChI is InChI=1S/C26H27FN8O/c1-4-24(36)31-22-13-19(8-9-23(22)34(3)21-10-11-33(2)16-21)30-26-28-14-17-15-29-35(25(17)32-26)20-7-5-6-18(27)12-20/h4-9,12-15,21H,1,10-11,16H2,2-3H3,(H,31,36)(H,28,30,32). The Morgan fingerprint density at radius 2 is 2.11 bits per heavy atom. The molecule has 0 bridgehead atoms. The maximum absolute atomic E-state index is 13.8. The van der Waals surface area contributed by atoms with Crippen molar-refractivity contribution in [1.82, 2.24) is 24.6 Å². The number of benzene rings is 2. The molecule has 10 heteroatoms. The third-order valence-corrected chi connectivity index (χ3v) is 6.35. The highest BCUT2D eigenvalue weighted by molar-refractivity contribution is 6.01. The molecule has 9 nitrogen and oxygen atoms in total. The summed E-state index contributed by atoms with van der Waals surface area (Å²) in [5.41, 5.74) is 3.38. The molecular weight excluding hydrogens is 459 g/mol. The molecular formula is C26H27FN8O. The summed E-state index contributed by atoms with van der Waals surface area (Å²) in [6.45, 7) is 5.56. The summed E-state index contributed by atoms with van der Waals surface area (Å²) < 4.78 is 15.3. The summed E-state index contributed by atoms with van der Waals surface area (Å²) in [5.74, 6) is -0.297. The molecule has 1 unspecified atom stereocenters. The number of amides is 1. The van der Waals surface area contributed by atoms with Crippen molar-refractivity contribution in [3.63, 3.8) is 0 Å². The molecule has 1 saturated heterocycles. The van der Waals surface area contributed by atoms with Crippen molar-refractivity contribution in [2.24, 2.45) is 0 Å². The molecule has 0 radical (unpaired) electrons. The highest BCUT2D eigenvalue weighted by Crippen LogP contribution is 2.32. The number of nitrogens with zero attached hydrogens (tertiary/aromatic N) is 6.